The van der Waals surface area contributed by atoms with Gasteiger partial charge in [-0.2, -0.15) is 0 Å². The van der Waals surface area contributed by atoms with Crippen molar-refractivity contribution in [2.24, 2.45) is 0 Å². The van der Waals surface area contributed by atoms with Gasteiger partial charge >= 0.3 is 0 Å². The number of thiophene rings is 1. The van der Waals surface area contributed by atoms with Crippen LogP contribution >= 0.6 is 22.9 Å². The van der Waals surface area contributed by atoms with Crippen molar-refractivity contribution >= 4 is 44.6 Å². The molecule has 100 valence electrons. The largest absolute Gasteiger partial charge is 0.321 e. The van der Waals surface area contributed by atoms with Gasteiger partial charge in [0.2, 0.25) is 0 Å². The minimum Gasteiger partial charge on any atom is -0.321 e. The molecule has 0 fully saturated rings. The SMILES string of the molecule is O=C(Nc1cccc(Cl)c1)c1cc2cc(F)ccc2s1. The van der Waals surface area contributed by atoms with E-state index in [2.05, 4.69) is 5.32 Å². The number of halogens is 2. The Hall–Kier alpha value is -1.91. The fourth-order valence-electron chi connectivity index (χ4n) is 1.89. The van der Waals surface area contributed by atoms with E-state index in [4.69, 9.17) is 11.6 Å². The molecule has 0 aliphatic rings. The van der Waals surface area contributed by atoms with Crippen LogP contribution in [0.15, 0.2) is 48.5 Å². The van der Waals surface area contributed by atoms with Crippen LogP contribution in [0.3, 0.4) is 0 Å². The van der Waals surface area contributed by atoms with Crippen molar-refractivity contribution in [2.75, 3.05) is 5.32 Å². The molecule has 0 aliphatic heterocycles. The molecule has 3 rings (SSSR count). The first-order chi connectivity index (χ1) is 9.61. The lowest BCUT2D eigenvalue weighted by Crippen LogP contribution is -2.09. The number of benzene rings is 2. The van der Waals surface area contributed by atoms with Gasteiger partial charge in [0, 0.05) is 15.4 Å². The van der Waals surface area contributed by atoms with Gasteiger partial charge in [0.05, 0.1) is 4.88 Å². The molecule has 0 spiro atoms. The predicted octanol–water partition coefficient (Wildman–Crippen LogP) is 4.95. The van der Waals surface area contributed by atoms with Gasteiger partial charge in [0.15, 0.2) is 0 Å². The zero-order valence-corrected chi connectivity index (χ0v) is 11.8. The molecule has 1 aromatic heterocycles. The lowest BCUT2D eigenvalue weighted by molar-refractivity contribution is 0.103. The fourth-order valence-corrected chi connectivity index (χ4v) is 3.01. The van der Waals surface area contributed by atoms with Crippen LogP contribution < -0.4 is 5.32 Å². The number of carbonyl (C=O) groups is 1. The van der Waals surface area contributed by atoms with E-state index >= 15 is 0 Å². The molecule has 2 nitrogen and oxygen atoms in total. The third-order valence-corrected chi connectivity index (χ3v) is 4.13. The Kier molecular flexibility index (Phi) is 3.42. The highest BCUT2D eigenvalue weighted by atomic mass is 35.5. The van der Waals surface area contributed by atoms with E-state index in [1.165, 1.54) is 23.5 Å². The monoisotopic (exact) mass is 305 g/mol. The third-order valence-electron chi connectivity index (χ3n) is 2.78. The molecule has 1 amide bonds. The van der Waals surface area contributed by atoms with E-state index in [0.717, 1.165) is 10.1 Å². The van der Waals surface area contributed by atoms with Crippen molar-refractivity contribution in [3.8, 4) is 0 Å². The normalized spacial score (nSPS) is 10.7. The number of anilines is 1. The summed E-state index contributed by atoms with van der Waals surface area (Å²) in [4.78, 5) is 12.7. The maximum Gasteiger partial charge on any atom is 0.265 e. The quantitative estimate of drug-likeness (QED) is 0.713. The van der Waals surface area contributed by atoms with Gasteiger partial charge in [-0.25, -0.2) is 4.39 Å². The van der Waals surface area contributed by atoms with E-state index in [0.29, 0.717) is 15.6 Å². The van der Waals surface area contributed by atoms with Crippen LogP contribution in [-0.4, -0.2) is 5.91 Å². The number of amides is 1. The Morgan fingerprint density at radius 2 is 2.00 bits per heavy atom. The van der Waals surface area contributed by atoms with E-state index in [-0.39, 0.29) is 11.7 Å². The van der Waals surface area contributed by atoms with Gasteiger partial charge in [-0.15, -0.1) is 11.3 Å². The number of fused-ring (bicyclic) bond motifs is 1. The molecule has 0 atom stereocenters. The highest BCUT2D eigenvalue weighted by molar-refractivity contribution is 7.20. The molecular formula is C15H9ClFNOS. The van der Waals surface area contributed by atoms with Crippen molar-refractivity contribution in [3.05, 3.63) is 64.2 Å². The van der Waals surface area contributed by atoms with Crippen LogP contribution in [-0.2, 0) is 0 Å². The average Bonchev–Trinajstić information content (AvgIpc) is 2.81. The van der Waals surface area contributed by atoms with Crippen molar-refractivity contribution in [3.63, 3.8) is 0 Å². The molecule has 5 heteroatoms. The molecule has 0 unspecified atom stereocenters. The van der Waals surface area contributed by atoms with Gasteiger partial charge in [0.25, 0.3) is 5.91 Å². The van der Waals surface area contributed by atoms with Crippen molar-refractivity contribution in [1.82, 2.24) is 0 Å². The molecule has 0 saturated heterocycles. The first-order valence-electron chi connectivity index (χ1n) is 5.88. The number of carbonyl (C=O) groups excluding carboxylic acids is 1. The molecular weight excluding hydrogens is 297 g/mol. The molecule has 20 heavy (non-hydrogen) atoms. The van der Waals surface area contributed by atoms with Gasteiger partial charge < -0.3 is 5.32 Å². The molecule has 1 heterocycles. The average molecular weight is 306 g/mol. The smallest absolute Gasteiger partial charge is 0.265 e. The highest BCUT2D eigenvalue weighted by Gasteiger charge is 2.11. The molecule has 0 radical (unpaired) electrons. The Labute approximate surface area is 123 Å². The number of hydrogen-bond acceptors (Lipinski definition) is 2. The minimum absolute atomic E-state index is 0.228. The van der Waals surface area contributed by atoms with Gasteiger partial charge in [-0.1, -0.05) is 17.7 Å². The van der Waals surface area contributed by atoms with Crippen LogP contribution in [0, 0.1) is 5.82 Å². The Bertz CT molecular complexity index is 799. The topological polar surface area (TPSA) is 29.1 Å². The van der Waals surface area contributed by atoms with Crippen LogP contribution in [0.1, 0.15) is 9.67 Å². The van der Waals surface area contributed by atoms with Crippen LogP contribution in [0.4, 0.5) is 10.1 Å². The second kappa shape index (κ2) is 5.23. The first kappa shape index (κ1) is 13.1. The molecule has 0 aliphatic carbocycles. The maximum atomic E-state index is 13.1. The first-order valence-corrected chi connectivity index (χ1v) is 7.07. The summed E-state index contributed by atoms with van der Waals surface area (Å²) in [6.45, 7) is 0. The predicted molar refractivity (Wildman–Crippen MR) is 81.2 cm³/mol. The van der Waals surface area contributed by atoms with Crippen LogP contribution in [0.25, 0.3) is 10.1 Å². The van der Waals surface area contributed by atoms with E-state index < -0.39 is 0 Å². The third kappa shape index (κ3) is 2.66. The Balaban J connectivity index is 1.88. The standard InChI is InChI=1S/C15H9ClFNOS/c16-10-2-1-3-12(8-10)18-15(19)14-7-9-6-11(17)4-5-13(9)20-14/h1-8H,(H,18,19). The van der Waals surface area contributed by atoms with Crippen LogP contribution in [0.2, 0.25) is 5.02 Å². The summed E-state index contributed by atoms with van der Waals surface area (Å²) in [5, 5.41) is 4.05. The summed E-state index contributed by atoms with van der Waals surface area (Å²) in [5.41, 5.74) is 0.631. The molecule has 1 N–H and O–H groups in total. The Morgan fingerprint density at radius 3 is 2.80 bits per heavy atom. The molecule has 0 bridgehead atoms. The second-order valence-electron chi connectivity index (χ2n) is 4.26. The fraction of sp³-hybridized carbons (Fsp3) is 0. The second-order valence-corrected chi connectivity index (χ2v) is 5.78. The van der Waals surface area contributed by atoms with Crippen molar-refractivity contribution < 1.29 is 9.18 Å². The van der Waals surface area contributed by atoms with Crippen molar-refractivity contribution in [2.45, 2.75) is 0 Å². The summed E-state index contributed by atoms with van der Waals surface area (Å²) >= 11 is 7.19. The lowest BCUT2D eigenvalue weighted by Gasteiger charge is -2.03. The zero-order chi connectivity index (χ0) is 14.1. The van der Waals surface area contributed by atoms with E-state index in [1.54, 1.807) is 36.4 Å². The molecule has 3 aromatic rings. The van der Waals surface area contributed by atoms with Gasteiger partial charge in [-0.3, -0.25) is 4.79 Å². The minimum atomic E-state index is -0.308. The number of nitrogens with one attached hydrogen (secondary N) is 1. The summed E-state index contributed by atoms with van der Waals surface area (Å²) in [7, 11) is 0. The number of rotatable bonds is 2. The van der Waals surface area contributed by atoms with Gasteiger partial charge in [0.1, 0.15) is 5.82 Å². The summed E-state index contributed by atoms with van der Waals surface area (Å²) in [6.07, 6.45) is 0. The number of hydrogen-bond donors (Lipinski definition) is 1. The van der Waals surface area contributed by atoms with E-state index in [1.807, 2.05) is 0 Å². The molecule has 0 saturated carbocycles. The van der Waals surface area contributed by atoms with Crippen LogP contribution in [0.5, 0.6) is 0 Å². The highest BCUT2D eigenvalue weighted by Crippen LogP contribution is 2.27. The summed E-state index contributed by atoms with van der Waals surface area (Å²) in [6, 6.07) is 13.1. The molecule has 2 aromatic carbocycles. The summed E-state index contributed by atoms with van der Waals surface area (Å²) < 4.78 is 14.0. The maximum absolute atomic E-state index is 13.1. The lowest BCUT2D eigenvalue weighted by atomic mass is 10.2. The van der Waals surface area contributed by atoms with E-state index in [9.17, 15) is 9.18 Å². The zero-order valence-electron chi connectivity index (χ0n) is 10.2. The summed E-state index contributed by atoms with van der Waals surface area (Å²) in [5.74, 6) is -0.536. The van der Waals surface area contributed by atoms with Crippen molar-refractivity contribution in [1.29, 1.82) is 0 Å². The van der Waals surface area contributed by atoms with Gasteiger partial charge in [-0.05, 0) is 47.9 Å². The Morgan fingerprint density at radius 1 is 1.15 bits per heavy atom.